The molecule has 0 saturated carbocycles. The van der Waals surface area contributed by atoms with E-state index in [-0.39, 0.29) is 11.8 Å². The van der Waals surface area contributed by atoms with Crippen molar-refractivity contribution in [1.82, 2.24) is 4.90 Å². The Morgan fingerprint density at radius 3 is 2.11 bits per heavy atom. The highest BCUT2D eigenvalue weighted by Gasteiger charge is 2.23. The van der Waals surface area contributed by atoms with E-state index in [1.54, 1.807) is 0 Å². The first-order chi connectivity index (χ1) is 13.1. The molecule has 0 saturated heterocycles. The Hall–Kier alpha value is -2.91. The molecule has 0 spiro atoms. The zero-order valence-electron chi connectivity index (χ0n) is 15.8. The van der Waals surface area contributed by atoms with Crippen molar-refractivity contribution in [1.29, 1.82) is 0 Å². The van der Waals surface area contributed by atoms with Crippen molar-refractivity contribution in [3.8, 4) is 5.75 Å². The van der Waals surface area contributed by atoms with Gasteiger partial charge in [0.15, 0.2) is 5.78 Å². The third-order valence-corrected chi connectivity index (χ3v) is 4.56. The van der Waals surface area contributed by atoms with Crippen molar-refractivity contribution >= 4 is 5.78 Å². The zero-order valence-corrected chi connectivity index (χ0v) is 15.8. The van der Waals surface area contributed by atoms with E-state index in [0.29, 0.717) is 24.3 Å². The molecule has 3 aromatic rings. The number of carbonyl (C=O) groups is 1. The number of rotatable bonds is 8. The van der Waals surface area contributed by atoms with Gasteiger partial charge in [-0.25, -0.2) is 0 Å². The van der Waals surface area contributed by atoms with Gasteiger partial charge in [0, 0.05) is 5.56 Å². The summed E-state index contributed by atoms with van der Waals surface area (Å²) in [6.45, 7) is 0.486. The predicted molar refractivity (Wildman–Crippen MR) is 109 cm³/mol. The highest BCUT2D eigenvalue weighted by Crippen LogP contribution is 2.19. The van der Waals surface area contributed by atoms with Crippen LogP contribution in [-0.2, 0) is 13.0 Å². The minimum atomic E-state index is -0.211. The van der Waals surface area contributed by atoms with Crippen molar-refractivity contribution < 1.29 is 9.53 Å². The van der Waals surface area contributed by atoms with Gasteiger partial charge in [-0.2, -0.15) is 0 Å². The Balaban J connectivity index is 1.72. The first-order valence-electron chi connectivity index (χ1n) is 9.15. The van der Waals surface area contributed by atoms with Crippen LogP contribution in [0, 0.1) is 0 Å². The summed E-state index contributed by atoms with van der Waals surface area (Å²) in [5, 5.41) is 0. The fourth-order valence-electron chi connectivity index (χ4n) is 3.02. The largest absolute Gasteiger partial charge is 0.489 e. The number of ketones is 1. The van der Waals surface area contributed by atoms with Crippen LogP contribution in [0.25, 0.3) is 0 Å². The second-order valence-electron chi connectivity index (χ2n) is 6.84. The maximum Gasteiger partial charge on any atom is 0.180 e. The number of carbonyl (C=O) groups excluding carboxylic acids is 1. The number of hydrogen-bond acceptors (Lipinski definition) is 3. The van der Waals surface area contributed by atoms with Crippen molar-refractivity contribution in [2.45, 2.75) is 19.1 Å². The van der Waals surface area contributed by atoms with Crippen LogP contribution in [0.15, 0.2) is 84.9 Å². The van der Waals surface area contributed by atoms with E-state index < -0.39 is 0 Å². The normalized spacial score (nSPS) is 12.0. The van der Waals surface area contributed by atoms with Gasteiger partial charge in [-0.15, -0.1) is 0 Å². The number of ether oxygens (including phenoxy) is 1. The first-order valence-corrected chi connectivity index (χ1v) is 9.15. The summed E-state index contributed by atoms with van der Waals surface area (Å²) in [6.07, 6.45) is 0.682. The summed E-state index contributed by atoms with van der Waals surface area (Å²) >= 11 is 0. The SMILES string of the molecule is CN(C)C(Cc1ccccc1)C(=O)c1cccc(OCc2ccccc2)c1. The maximum absolute atomic E-state index is 13.1. The molecule has 27 heavy (non-hydrogen) atoms. The molecule has 3 heteroatoms. The Bertz CT molecular complexity index is 860. The highest BCUT2D eigenvalue weighted by molar-refractivity contribution is 6.00. The molecule has 1 unspecified atom stereocenters. The average Bonchev–Trinajstić information content (AvgIpc) is 2.71. The molecule has 1 atom stereocenters. The summed E-state index contributed by atoms with van der Waals surface area (Å²) in [6, 6.07) is 27.4. The lowest BCUT2D eigenvalue weighted by molar-refractivity contribution is 0.0874. The van der Waals surface area contributed by atoms with Crippen LogP contribution in [0.5, 0.6) is 5.75 Å². The van der Waals surface area contributed by atoms with Gasteiger partial charge < -0.3 is 4.74 Å². The van der Waals surface area contributed by atoms with Gasteiger partial charge in [0.05, 0.1) is 6.04 Å². The van der Waals surface area contributed by atoms with E-state index >= 15 is 0 Å². The average molecular weight is 359 g/mol. The molecule has 0 amide bonds. The van der Waals surface area contributed by atoms with Crippen LogP contribution in [-0.4, -0.2) is 30.8 Å². The lowest BCUT2D eigenvalue weighted by Gasteiger charge is -2.23. The number of likely N-dealkylation sites (N-methyl/N-ethyl adjacent to an activating group) is 1. The van der Waals surface area contributed by atoms with E-state index in [1.807, 2.05) is 91.8 Å². The fourth-order valence-corrected chi connectivity index (χ4v) is 3.02. The van der Waals surface area contributed by atoms with Gasteiger partial charge in [0.2, 0.25) is 0 Å². The molecule has 0 N–H and O–H groups in total. The van der Waals surface area contributed by atoms with Gasteiger partial charge in [-0.05, 0) is 43.8 Å². The summed E-state index contributed by atoms with van der Waals surface area (Å²) < 4.78 is 5.88. The number of benzene rings is 3. The van der Waals surface area contributed by atoms with E-state index in [0.717, 1.165) is 11.1 Å². The van der Waals surface area contributed by atoms with Gasteiger partial charge in [-0.1, -0.05) is 72.8 Å². The van der Waals surface area contributed by atoms with E-state index in [9.17, 15) is 4.79 Å². The molecule has 0 aliphatic rings. The van der Waals surface area contributed by atoms with Crippen LogP contribution >= 0.6 is 0 Å². The van der Waals surface area contributed by atoms with Gasteiger partial charge in [-0.3, -0.25) is 9.69 Å². The van der Waals surface area contributed by atoms with E-state index in [1.165, 1.54) is 0 Å². The lowest BCUT2D eigenvalue weighted by atomic mass is 9.96. The fraction of sp³-hybridized carbons (Fsp3) is 0.208. The molecule has 0 radical (unpaired) electrons. The molecule has 0 aliphatic heterocycles. The van der Waals surface area contributed by atoms with E-state index in [2.05, 4.69) is 12.1 Å². The van der Waals surface area contributed by atoms with Gasteiger partial charge >= 0.3 is 0 Å². The molecule has 0 aromatic heterocycles. The van der Waals surface area contributed by atoms with Crippen LogP contribution in [0.3, 0.4) is 0 Å². The third-order valence-electron chi connectivity index (χ3n) is 4.56. The number of hydrogen-bond donors (Lipinski definition) is 0. The molecule has 3 nitrogen and oxygen atoms in total. The molecule has 0 fully saturated rings. The lowest BCUT2D eigenvalue weighted by Crippen LogP contribution is -2.37. The van der Waals surface area contributed by atoms with Crippen molar-refractivity contribution in [3.05, 3.63) is 102 Å². The quantitative estimate of drug-likeness (QED) is 0.550. The molecule has 0 aliphatic carbocycles. The van der Waals surface area contributed by atoms with Crippen molar-refractivity contribution in [2.24, 2.45) is 0 Å². The zero-order chi connectivity index (χ0) is 19.1. The van der Waals surface area contributed by atoms with Crippen LogP contribution < -0.4 is 4.74 Å². The maximum atomic E-state index is 13.1. The monoisotopic (exact) mass is 359 g/mol. The summed E-state index contributed by atoms with van der Waals surface area (Å²) in [4.78, 5) is 15.1. The Labute approximate surface area is 161 Å². The minimum Gasteiger partial charge on any atom is -0.489 e. The Kier molecular flexibility index (Phi) is 6.39. The highest BCUT2D eigenvalue weighted by atomic mass is 16.5. The van der Waals surface area contributed by atoms with Gasteiger partial charge in [0.1, 0.15) is 12.4 Å². The molecular weight excluding hydrogens is 334 g/mol. The van der Waals surface area contributed by atoms with E-state index in [4.69, 9.17) is 4.74 Å². The van der Waals surface area contributed by atoms with Crippen LogP contribution in [0.1, 0.15) is 21.5 Å². The first kappa shape index (κ1) is 18.9. The standard InChI is InChI=1S/C24H25NO2/c1-25(2)23(16-19-10-5-3-6-11-19)24(26)21-14-9-15-22(17-21)27-18-20-12-7-4-8-13-20/h3-15,17,23H,16,18H2,1-2H3. The second-order valence-corrected chi connectivity index (χ2v) is 6.84. The molecule has 0 bridgehead atoms. The number of nitrogens with zero attached hydrogens (tertiary/aromatic N) is 1. The second kappa shape index (κ2) is 9.15. The van der Waals surface area contributed by atoms with Crippen molar-refractivity contribution in [2.75, 3.05) is 14.1 Å². The molecule has 3 rings (SSSR count). The summed E-state index contributed by atoms with van der Waals surface area (Å²) in [5.74, 6) is 0.816. The van der Waals surface area contributed by atoms with Crippen LogP contribution in [0.4, 0.5) is 0 Å². The smallest absolute Gasteiger partial charge is 0.180 e. The van der Waals surface area contributed by atoms with Gasteiger partial charge in [0.25, 0.3) is 0 Å². The topological polar surface area (TPSA) is 29.5 Å². The van der Waals surface area contributed by atoms with Crippen molar-refractivity contribution in [3.63, 3.8) is 0 Å². The Morgan fingerprint density at radius 2 is 1.48 bits per heavy atom. The van der Waals surface area contributed by atoms with Crippen LogP contribution in [0.2, 0.25) is 0 Å². The number of Topliss-reactive ketones (excluding diaryl/α,β-unsaturated/α-hetero) is 1. The molecule has 138 valence electrons. The molecular formula is C24H25NO2. The minimum absolute atomic E-state index is 0.106. The Morgan fingerprint density at radius 1 is 0.852 bits per heavy atom. The summed E-state index contributed by atoms with van der Waals surface area (Å²) in [5.41, 5.74) is 2.93. The molecule has 3 aromatic carbocycles. The third kappa shape index (κ3) is 5.28. The summed E-state index contributed by atoms with van der Waals surface area (Å²) in [7, 11) is 3.89. The molecule has 0 heterocycles. The predicted octanol–water partition coefficient (Wildman–Crippen LogP) is 4.62.